The first-order valence-electron chi connectivity index (χ1n) is 9.45. The molecule has 1 aromatic carbocycles. The van der Waals surface area contributed by atoms with Gasteiger partial charge in [-0.3, -0.25) is 0 Å². The van der Waals surface area contributed by atoms with Crippen LogP contribution in [-0.2, 0) is 19.6 Å². The zero-order valence-electron chi connectivity index (χ0n) is 15.9. The van der Waals surface area contributed by atoms with Crippen LogP contribution in [0.5, 0.6) is 5.75 Å². The molecule has 3 heterocycles. The van der Waals surface area contributed by atoms with Crippen LogP contribution in [0.3, 0.4) is 0 Å². The van der Waals surface area contributed by atoms with Crippen LogP contribution < -0.4 is 4.74 Å². The Hall–Kier alpha value is -2.44. The highest BCUT2D eigenvalue weighted by atomic mass is 32.1. The molecule has 0 bridgehead atoms. The number of imidazole rings is 1. The molecule has 4 rings (SSSR count). The summed E-state index contributed by atoms with van der Waals surface area (Å²) in [6.45, 7) is 3.65. The average Bonchev–Trinajstić information content (AvgIpc) is 3.46. The van der Waals surface area contributed by atoms with Crippen LogP contribution in [0.15, 0.2) is 60.5 Å². The molecule has 0 aliphatic rings. The molecule has 144 valence electrons. The summed E-state index contributed by atoms with van der Waals surface area (Å²) in [6.07, 6.45) is 9.13. The summed E-state index contributed by atoms with van der Waals surface area (Å²) < 4.78 is 8.04. The number of benzene rings is 1. The van der Waals surface area contributed by atoms with E-state index in [0.29, 0.717) is 6.61 Å². The van der Waals surface area contributed by atoms with Gasteiger partial charge < -0.3 is 9.30 Å². The zero-order valence-corrected chi connectivity index (χ0v) is 17.5. The van der Waals surface area contributed by atoms with E-state index in [-0.39, 0.29) is 0 Å². The maximum atomic E-state index is 5.91. The minimum absolute atomic E-state index is 0.505. The maximum Gasteiger partial charge on any atom is 0.133 e. The number of hydrogen-bond donors (Lipinski definition) is 0. The largest absolute Gasteiger partial charge is 0.487 e. The molecule has 0 radical (unpaired) electrons. The van der Waals surface area contributed by atoms with Gasteiger partial charge >= 0.3 is 0 Å². The summed E-state index contributed by atoms with van der Waals surface area (Å²) in [5.41, 5.74) is 2.33. The second-order valence-electron chi connectivity index (χ2n) is 6.74. The highest BCUT2D eigenvalue weighted by Gasteiger charge is 2.07. The van der Waals surface area contributed by atoms with Gasteiger partial charge in [0, 0.05) is 29.2 Å². The predicted octanol–water partition coefficient (Wildman–Crippen LogP) is 5.98. The van der Waals surface area contributed by atoms with E-state index in [2.05, 4.69) is 58.3 Å². The first-order valence-corrected chi connectivity index (χ1v) is 11.1. The molecule has 4 aromatic rings. The summed E-state index contributed by atoms with van der Waals surface area (Å²) in [6, 6.07) is 12.7. The lowest BCUT2D eigenvalue weighted by Gasteiger charge is -2.06. The van der Waals surface area contributed by atoms with Gasteiger partial charge in [-0.25, -0.2) is 9.97 Å². The van der Waals surface area contributed by atoms with E-state index in [9.17, 15) is 0 Å². The van der Waals surface area contributed by atoms with Gasteiger partial charge in [-0.05, 0) is 56.0 Å². The molecule has 0 atom stereocenters. The molecule has 3 aromatic heterocycles. The van der Waals surface area contributed by atoms with E-state index >= 15 is 0 Å². The molecule has 0 saturated carbocycles. The first kappa shape index (κ1) is 18.9. The predicted molar refractivity (Wildman–Crippen MR) is 116 cm³/mol. The van der Waals surface area contributed by atoms with Crippen molar-refractivity contribution in [2.24, 2.45) is 0 Å². The van der Waals surface area contributed by atoms with Gasteiger partial charge in [0.2, 0.25) is 0 Å². The van der Waals surface area contributed by atoms with Crippen molar-refractivity contribution >= 4 is 22.7 Å². The van der Waals surface area contributed by atoms with Gasteiger partial charge in [0.15, 0.2) is 0 Å². The van der Waals surface area contributed by atoms with E-state index in [4.69, 9.17) is 9.72 Å². The second kappa shape index (κ2) is 9.17. The number of ether oxygens (including phenoxy) is 1. The Labute approximate surface area is 173 Å². The highest BCUT2D eigenvalue weighted by molar-refractivity contribution is 7.21. The second-order valence-corrected chi connectivity index (χ2v) is 8.89. The normalized spacial score (nSPS) is 11.0. The van der Waals surface area contributed by atoms with Crippen LogP contribution >= 0.6 is 22.7 Å². The Morgan fingerprint density at radius 2 is 1.96 bits per heavy atom. The third-order valence-electron chi connectivity index (χ3n) is 4.50. The van der Waals surface area contributed by atoms with Crippen molar-refractivity contribution < 1.29 is 4.74 Å². The number of rotatable bonds is 9. The van der Waals surface area contributed by atoms with Gasteiger partial charge in [0.05, 0.1) is 16.9 Å². The van der Waals surface area contributed by atoms with Crippen molar-refractivity contribution in [1.82, 2.24) is 14.5 Å². The van der Waals surface area contributed by atoms with Crippen molar-refractivity contribution in [2.75, 3.05) is 0 Å². The minimum atomic E-state index is 0.505. The molecule has 0 unspecified atom stereocenters. The SMILES string of the molecule is Cc1ccc(-c2nc(COc3ccc(CCCCn4ccnc4)cc3)cs2)s1. The van der Waals surface area contributed by atoms with Crippen LogP contribution in [0.25, 0.3) is 9.88 Å². The van der Waals surface area contributed by atoms with Crippen molar-refractivity contribution in [3.63, 3.8) is 0 Å². The Morgan fingerprint density at radius 1 is 1.07 bits per heavy atom. The Bertz CT molecular complexity index is 987. The monoisotopic (exact) mass is 409 g/mol. The lowest BCUT2D eigenvalue weighted by atomic mass is 10.1. The number of nitrogens with zero attached hydrogens (tertiary/aromatic N) is 3. The molecule has 0 aliphatic heterocycles. The molecule has 6 heteroatoms. The number of aryl methyl sites for hydroxylation is 3. The fourth-order valence-corrected chi connectivity index (χ4v) is 4.73. The fraction of sp³-hybridized carbons (Fsp3) is 0.273. The molecule has 0 fully saturated rings. The summed E-state index contributed by atoms with van der Waals surface area (Å²) in [5.74, 6) is 0.892. The number of thiazole rings is 1. The molecule has 0 aliphatic carbocycles. The Balaban J connectivity index is 1.23. The molecule has 0 spiro atoms. The van der Waals surface area contributed by atoms with Gasteiger partial charge in [0.1, 0.15) is 17.4 Å². The van der Waals surface area contributed by atoms with Gasteiger partial charge in [-0.15, -0.1) is 22.7 Å². The number of hydrogen-bond acceptors (Lipinski definition) is 5. The van der Waals surface area contributed by atoms with Gasteiger partial charge in [0.25, 0.3) is 0 Å². The van der Waals surface area contributed by atoms with E-state index in [1.54, 1.807) is 22.7 Å². The van der Waals surface area contributed by atoms with Crippen molar-refractivity contribution in [1.29, 1.82) is 0 Å². The number of thiophene rings is 1. The Kier molecular flexibility index (Phi) is 6.19. The zero-order chi connectivity index (χ0) is 19.2. The van der Waals surface area contributed by atoms with E-state index < -0.39 is 0 Å². The van der Waals surface area contributed by atoms with E-state index in [0.717, 1.165) is 35.8 Å². The third-order valence-corrected chi connectivity index (χ3v) is 6.56. The van der Waals surface area contributed by atoms with Gasteiger partial charge in [-0.1, -0.05) is 12.1 Å². The van der Waals surface area contributed by atoms with Gasteiger partial charge in [-0.2, -0.15) is 0 Å². The summed E-state index contributed by atoms with van der Waals surface area (Å²) in [4.78, 5) is 11.3. The lowest BCUT2D eigenvalue weighted by molar-refractivity contribution is 0.302. The fourth-order valence-electron chi connectivity index (χ4n) is 2.99. The highest BCUT2D eigenvalue weighted by Crippen LogP contribution is 2.30. The van der Waals surface area contributed by atoms with E-state index in [1.807, 2.05) is 18.7 Å². The maximum absolute atomic E-state index is 5.91. The quantitative estimate of drug-likeness (QED) is 0.319. The standard InChI is InChI=1S/C22H23N3OS2/c1-17-5-10-21(28-17)22-24-19(15-27-22)14-26-20-8-6-18(7-9-20)4-2-3-12-25-13-11-23-16-25/h5-11,13,15-16H,2-4,12,14H2,1H3. The van der Waals surface area contributed by atoms with E-state index in [1.165, 1.54) is 21.7 Å². The molecule has 0 N–H and O–H groups in total. The Morgan fingerprint density at radius 3 is 2.71 bits per heavy atom. The number of aromatic nitrogens is 3. The topological polar surface area (TPSA) is 39.9 Å². The van der Waals surface area contributed by atoms with Crippen LogP contribution in [0.2, 0.25) is 0 Å². The molecule has 0 amide bonds. The third kappa shape index (κ3) is 5.09. The minimum Gasteiger partial charge on any atom is -0.487 e. The van der Waals surface area contributed by atoms with Crippen LogP contribution in [0, 0.1) is 6.92 Å². The van der Waals surface area contributed by atoms with Crippen molar-refractivity contribution in [3.05, 3.63) is 76.6 Å². The lowest BCUT2D eigenvalue weighted by Crippen LogP contribution is -1.97. The van der Waals surface area contributed by atoms with Crippen LogP contribution in [0.4, 0.5) is 0 Å². The molecule has 28 heavy (non-hydrogen) atoms. The number of unbranched alkanes of at least 4 members (excludes halogenated alkanes) is 1. The van der Waals surface area contributed by atoms with Crippen molar-refractivity contribution in [2.45, 2.75) is 39.3 Å². The smallest absolute Gasteiger partial charge is 0.133 e. The van der Waals surface area contributed by atoms with Crippen LogP contribution in [-0.4, -0.2) is 14.5 Å². The summed E-state index contributed by atoms with van der Waals surface area (Å²) >= 11 is 3.46. The summed E-state index contributed by atoms with van der Waals surface area (Å²) in [5, 5.41) is 3.15. The molecule has 0 saturated heterocycles. The van der Waals surface area contributed by atoms with Crippen LogP contribution in [0.1, 0.15) is 29.0 Å². The average molecular weight is 410 g/mol. The molecular weight excluding hydrogens is 386 g/mol. The summed E-state index contributed by atoms with van der Waals surface area (Å²) in [7, 11) is 0. The van der Waals surface area contributed by atoms with Crippen molar-refractivity contribution in [3.8, 4) is 15.6 Å². The molecule has 4 nitrogen and oxygen atoms in total. The first-order chi connectivity index (χ1) is 13.8. The molecular formula is C22H23N3OS2.